The molecule has 1 aliphatic rings. The molecule has 0 radical (unpaired) electrons. The zero-order valence-corrected chi connectivity index (χ0v) is 10.5. The molecule has 1 saturated heterocycles. The summed E-state index contributed by atoms with van der Waals surface area (Å²) in [4.78, 5) is 14.5. The van der Waals surface area contributed by atoms with Crippen LogP contribution < -0.4 is 0 Å². The van der Waals surface area contributed by atoms with Crippen LogP contribution in [0.15, 0.2) is 0 Å². The third-order valence-corrected chi connectivity index (χ3v) is 3.59. The van der Waals surface area contributed by atoms with E-state index in [9.17, 15) is 4.79 Å². The van der Waals surface area contributed by atoms with Crippen molar-refractivity contribution >= 4 is 5.78 Å². The van der Waals surface area contributed by atoms with Gasteiger partial charge in [0.15, 0.2) is 5.78 Å². The summed E-state index contributed by atoms with van der Waals surface area (Å²) in [5.74, 6) is 0.422. The molecule has 1 rings (SSSR count). The van der Waals surface area contributed by atoms with Gasteiger partial charge in [-0.15, -0.1) is 0 Å². The van der Waals surface area contributed by atoms with Crippen LogP contribution >= 0.6 is 0 Å². The maximum absolute atomic E-state index is 12.1. The molecule has 0 aromatic rings. The lowest BCUT2D eigenvalue weighted by molar-refractivity contribution is -0.130. The normalized spacial score (nSPS) is 19.1. The van der Waals surface area contributed by atoms with Gasteiger partial charge in [-0.3, -0.25) is 9.69 Å². The van der Waals surface area contributed by atoms with E-state index in [2.05, 4.69) is 25.7 Å². The Kier molecular flexibility index (Phi) is 4.78. The second kappa shape index (κ2) is 5.64. The van der Waals surface area contributed by atoms with Crippen LogP contribution in [0.5, 0.6) is 0 Å². The lowest BCUT2D eigenvalue weighted by Crippen LogP contribution is -2.52. The summed E-state index contributed by atoms with van der Waals surface area (Å²) in [7, 11) is 0. The molecule has 0 aliphatic carbocycles. The molecule has 0 saturated carbocycles. The first-order valence-corrected chi connectivity index (χ1v) is 6.37. The van der Waals surface area contributed by atoms with Crippen LogP contribution in [0.3, 0.4) is 0 Å². The Labute approximate surface area is 94.0 Å². The number of hydrogen-bond acceptors (Lipinski definition) is 2. The van der Waals surface area contributed by atoms with Gasteiger partial charge in [0.05, 0.1) is 5.54 Å². The molecule has 0 bridgehead atoms. The molecule has 1 fully saturated rings. The summed E-state index contributed by atoms with van der Waals surface area (Å²) >= 11 is 0. The highest BCUT2D eigenvalue weighted by atomic mass is 16.1. The van der Waals surface area contributed by atoms with Crippen molar-refractivity contribution in [3.8, 4) is 0 Å². The predicted octanol–water partition coefficient (Wildman–Crippen LogP) is 3.01. The van der Waals surface area contributed by atoms with E-state index in [0.717, 1.165) is 32.4 Å². The molecule has 88 valence electrons. The summed E-state index contributed by atoms with van der Waals surface area (Å²) in [6, 6.07) is 0. The summed E-state index contributed by atoms with van der Waals surface area (Å²) in [5, 5.41) is 0. The number of likely N-dealkylation sites (tertiary alicyclic amines) is 1. The fourth-order valence-electron chi connectivity index (χ4n) is 2.27. The molecule has 1 aliphatic heterocycles. The fourth-order valence-corrected chi connectivity index (χ4v) is 2.27. The summed E-state index contributed by atoms with van der Waals surface area (Å²) in [6.07, 6.45) is 6.74. The first kappa shape index (κ1) is 12.7. The van der Waals surface area contributed by atoms with E-state index in [1.165, 1.54) is 19.3 Å². The molecule has 0 spiro atoms. The van der Waals surface area contributed by atoms with Crippen molar-refractivity contribution < 1.29 is 4.79 Å². The van der Waals surface area contributed by atoms with Gasteiger partial charge in [0, 0.05) is 6.42 Å². The van der Waals surface area contributed by atoms with Crippen LogP contribution in [0.2, 0.25) is 0 Å². The Hall–Kier alpha value is -0.370. The number of carbonyl (C=O) groups is 1. The number of carbonyl (C=O) groups excluding carboxylic acids is 1. The highest BCUT2D eigenvalue weighted by Gasteiger charge is 2.33. The van der Waals surface area contributed by atoms with Crippen molar-refractivity contribution in [1.82, 2.24) is 4.90 Å². The van der Waals surface area contributed by atoms with E-state index >= 15 is 0 Å². The first-order valence-electron chi connectivity index (χ1n) is 6.37. The second-order valence-corrected chi connectivity index (χ2v) is 5.13. The van der Waals surface area contributed by atoms with E-state index in [-0.39, 0.29) is 5.54 Å². The van der Waals surface area contributed by atoms with Crippen molar-refractivity contribution in [2.24, 2.45) is 0 Å². The lowest BCUT2D eigenvalue weighted by Gasteiger charge is -2.39. The third-order valence-electron chi connectivity index (χ3n) is 3.59. The maximum Gasteiger partial charge on any atom is 0.152 e. The molecule has 0 aromatic carbocycles. The maximum atomic E-state index is 12.1. The molecule has 0 unspecified atom stereocenters. The fraction of sp³-hybridized carbons (Fsp3) is 0.923. The molecule has 15 heavy (non-hydrogen) atoms. The Morgan fingerprint density at radius 2 is 1.80 bits per heavy atom. The minimum Gasteiger partial charge on any atom is -0.298 e. The quantitative estimate of drug-likeness (QED) is 0.696. The van der Waals surface area contributed by atoms with Crippen molar-refractivity contribution in [3.05, 3.63) is 0 Å². The van der Waals surface area contributed by atoms with Crippen LogP contribution in [-0.2, 0) is 4.79 Å². The molecule has 0 N–H and O–H groups in total. The van der Waals surface area contributed by atoms with Gasteiger partial charge < -0.3 is 0 Å². The average molecular weight is 211 g/mol. The molecule has 0 atom stereocenters. The van der Waals surface area contributed by atoms with E-state index < -0.39 is 0 Å². The lowest BCUT2D eigenvalue weighted by atomic mass is 9.91. The van der Waals surface area contributed by atoms with Gasteiger partial charge in [-0.05, 0) is 46.2 Å². The third kappa shape index (κ3) is 3.30. The number of piperidine rings is 1. The Morgan fingerprint density at radius 3 is 2.33 bits per heavy atom. The minimum atomic E-state index is -0.227. The Morgan fingerprint density at radius 1 is 1.20 bits per heavy atom. The van der Waals surface area contributed by atoms with Crippen LogP contribution in [0.1, 0.15) is 59.3 Å². The highest BCUT2D eigenvalue weighted by molar-refractivity contribution is 5.87. The van der Waals surface area contributed by atoms with E-state index in [1.807, 2.05) is 0 Å². The zero-order valence-electron chi connectivity index (χ0n) is 10.5. The van der Waals surface area contributed by atoms with Gasteiger partial charge in [0.1, 0.15) is 0 Å². The molecular weight excluding hydrogens is 186 g/mol. The van der Waals surface area contributed by atoms with E-state index in [4.69, 9.17) is 0 Å². The highest BCUT2D eigenvalue weighted by Crippen LogP contribution is 2.23. The van der Waals surface area contributed by atoms with Gasteiger partial charge >= 0.3 is 0 Å². The largest absolute Gasteiger partial charge is 0.298 e. The number of Topliss-reactive ketones (excluding diaryl/α,β-unsaturated/α-hetero) is 1. The van der Waals surface area contributed by atoms with Crippen LogP contribution in [-0.4, -0.2) is 29.3 Å². The summed E-state index contributed by atoms with van der Waals surface area (Å²) < 4.78 is 0. The standard InChI is InChI=1S/C13H25NO/c1-4-5-9-12(15)13(2,3)14-10-7-6-8-11-14/h4-11H2,1-3H3. The van der Waals surface area contributed by atoms with Crippen molar-refractivity contribution in [2.45, 2.75) is 64.8 Å². The average Bonchev–Trinajstić information content (AvgIpc) is 2.27. The Bertz CT molecular complexity index is 205. The van der Waals surface area contributed by atoms with E-state index in [1.54, 1.807) is 0 Å². The molecule has 1 heterocycles. The molecule has 2 heteroatoms. The molecular formula is C13H25NO. The van der Waals surface area contributed by atoms with Crippen molar-refractivity contribution in [2.75, 3.05) is 13.1 Å². The number of unbranched alkanes of at least 4 members (excludes halogenated alkanes) is 1. The van der Waals surface area contributed by atoms with E-state index in [0.29, 0.717) is 5.78 Å². The second-order valence-electron chi connectivity index (χ2n) is 5.13. The number of rotatable bonds is 5. The molecule has 0 aromatic heterocycles. The number of hydrogen-bond donors (Lipinski definition) is 0. The van der Waals surface area contributed by atoms with Gasteiger partial charge in [0.25, 0.3) is 0 Å². The van der Waals surface area contributed by atoms with Crippen LogP contribution in [0, 0.1) is 0 Å². The smallest absolute Gasteiger partial charge is 0.152 e. The van der Waals surface area contributed by atoms with Gasteiger partial charge in [-0.25, -0.2) is 0 Å². The van der Waals surface area contributed by atoms with Gasteiger partial charge in [0.2, 0.25) is 0 Å². The monoisotopic (exact) mass is 211 g/mol. The summed E-state index contributed by atoms with van der Waals surface area (Å²) in [6.45, 7) is 8.53. The van der Waals surface area contributed by atoms with Crippen LogP contribution in [0.25, 0.3) is 0 Å². The minimum absolute atomic E-state index is 0.227. The predicted molar refractivity (Wildman–Crippen MR) is 64.0 cm³/mol. The van der Waals surface area contributed by atoms with Crippen molar-refractivity contribution in [1.29, 1.82) is 0 Å². The van der Waals surface area contributed by atoms with Crippen LogP contribution in [0.4, 0.5) is 0 Å². The Balaban J connectivity index is 2.51. The summed E-state index contributed by atoms with van der Waals surface area (Å²) in [5.41, 5.74) is -0.227. The number of ketones is 1. The van der Waals surface area contributed by atoms with Gasteiger partial charge in [-0.2, -0.15) is 0 Å². The molecule has 2 nitrogen and oxygen atoms in total. The topological polar surface area (TPSA) is 20.3 Å². The number of nitrogens with zero attached hydrogens (tertiary/aromatic N) is 1. The van der Waals surface area contributed by atoms with Crippen molar-refractivity contribution in [3.63, 3.8) is 0 Å². The molecule has 0 amide bonds. The first-order chi connectivity index (χ1) is 7.09. The SMILES string of the molecule is CCCCC(=O)C(C)(C)N1CCCCC1. The van der Waals surface area contributed by atoms with Gasteiger partial charge in [-0.1, -0.05) is 19.8 Å². The zero-order chi connectivity index (χ0) is 11.3.